The standard InChI is InChI=1S/C30H46GeN4S4Si2/c1-27(2,3)32-25(23-19-15-13-16-20-23)33(28(4,5)6)40(32,36)38-31-39-41(37)34(29(7,8)9)26(35(41)30(10,11)12)24-21-17-14-18-22-24/h13-22H,1-12H3. The van der Waals surface area contributed by atoms with Crippen molar-refractivity contribution in [3.63, 3.8) is 0 Å². The Balaban J connectivity index is 1.75. The summed E-state index contributed by atoms with van der Waals surface area (Å²) in [4.78, 5) is 0. The molecule has 222 valence electrons. The van der Waals surface area contributed by atoms with E-state index in [-0.39, 0.29) is 22.2 Å². The molecule has 2 aliphatic heterocycles. The molecule has 4 rings (SSSR count). The third-order valence-electron chi connectivity index (χ3n) is 7.07. The van der Waals surface area contributed by atoms with Crippen LogP contribution in [0.5, 0.6) is 0 Å². The first-order valence-electron chi connectivity index (χ1n) is 14.2. The van der Waals surface area contributed by atoms with E-state index < -0.39 is 26.5 Å². The Labute approximate surface area is 274 Å². The summed E-state index contributed by atoms with van der Waals surface area (Å²) >= 11 is 13.0. The normalized spacial score (nSPS) is 24.0. The average molecular weight is 720 g/mol. The predicted molar refractivity (Wildman–Crippen MR) is 191 cm³/mol. The zero-order valence-corrected chi connectivity index (χ0v) is 34.1. The van der Waals surface area contributed by atoms with Crippen molar-refractivity contribution in [2.75, 3.05) is 0 Å². The van der Waals surface area contributed by atoms with Crippen LogP contribution in [0.3, 0.4) is 0 Å². The summed E-state index contributed by atoms with van der Waals surface area (Å²) in [6.45, 7) is 22.8. The van der Waals surface area contributed by atoms with E-state index in [1.54, 1.807) is 0 Å². The first-order chi connectivity index (χ1) is 18.6. The van der Waals surface area contributed by atoms with Crippen molar-refractivity contribution in [3.8, 4) is 0 Å². The Hall–Kier alpha value is -0.243. The Morgan fingerprint density at radius 3 is 1.10 bits per heavy atom. The van der Waals surface area contributed by atoms with Crippen LogP contribution >= 0.6 is 19.1 Å². The van der Waals surface area contributed by atoms with Gasteiger partial charge in [-0.05, 0) is 0 Å². The van der Waals surface area contributed by atoms with Gasteiger partial charge in [-0.3, -0.25) is 0 Å². The van der Waals surface area contributed by atoms with Gasteiger partial charge in [-0.1, -0.05) is 0 Å². The molecular formula is C30H46GeN4S4Si2. The van der Waals surface area contributed by atoms with E-state index in [4.69, 9.17) is 24.2 Å². The zero-order valence-electron chi connectivity index (χ0n) is 26.7. The number of hydrogen-bond acceptors (Lipinski definition) is 6. The molecule has 41 heavy (non-hydrogen) atoms. The molecule has 0 aliphatic carbocycles. The number of nitrogens with zero attached hydrogens (tertiary/aromatic N) is 4. The van der Waals surface area contributed by atoms with Gasteiger partial charge in [0.05, 0.1) is 0 Å². The minimum absolute atomic E-state index is 0.0621. The summed E-state index contributed by atoms with van der Waals surface area (Å²) in [7, 11) is 4.22. The van der Waals surface area contributed by atoms with Crippen LogP contribution < -0.4 is 0 Å². The zero-order chi connectivity index (χ0) is 30.8. The van der Waals surface area contributed by atoms with Crippen molar-refractivity contribution in [1.29, 1.82) is 0 Å². The molecule has 4 nitrogen and oxygen atoms in total. The maximum absolute atomic E-state index is 6.80. The number of benzene rings is 2. The van der Waals surface area contributed by atoms with Gasteiger partial charge in [0.25, 0.3) is 0 Å². The third kappa shape index (κ3) is 6.18. The Morgan fingerprint density at radius 1 is 0.561 bits per heavy atom. The molecule has 0 saturated carbocycles. The second-order valence-corrected chi connectivity index (χ2v) is 40.3. The molecule has 0 spiro atoms. The van der Waals surface area contributed by atoms with Gasteiger partial charge in [-0.25, -0.2) is 0 Å². The van der Waals surface area contributed by atoms with Crippen molar-refractivity contribution in [1.82, 2.24) is 9.13 Å². The van der Waals surface area contributed by atoms with Gasteiger partial charge in [-0.2, -0.15) is 0 Å². The SMILES string of the molecule is CC(C)(C)N1C(c2ccccc2)=[N+](C(C)(C)C)[Si@]1([S-])[S][Ge][S][Si@]1([S-])N(C(C)(C)C)C(c2ccccc2)=[N+]1C(C)(C)C. The number of amidine groups is 2. The molecule has 0 fully saturated rings. The van der Waals surface area contributed by atoms with Crippen LogP contribution in [0.15, 0.2) is 60.7 Å². The fourth-order valence-electron chi connectivity index (χ4n) is 5.81. The van der Waals surface area contributed by atoms with E-state index in [9.17, 15) is 0 Å². The fraction of sp³-hybridized carbons (Fsp3) is 0.533. The van der Waals surface area contributed by atoms with Gasteiger partial charge in [0.15, 0.2) is 0 Å². The second-order valence-electron chi connectivity index (χ2n) is 14.8. The van der Waals surface area contributed by atoms with Crippen molar-refractivity contribution < 1.29 is 8.48 Å². The van der Waals surface area contributed by atoms with E-state index >= 15 is 0 Å². The molecule has 2 aromatic rings. The molecule has 2 aliphatic rings. The number of hydrogen-bond donors (Lipinski definition) is 0. The topological polar surface area (TPSA) is 12.5 Å². The third-order valence-corrected chi connectivity index (χ3v) is 48.8. The van der Waals surface area contributed by atoms with Crippen LogP contribution in [0.1, 0.15) is 94.2 Å². The molecule has 2 heterocycles. The molecule has 11 heteroatoms. The Kier molecular flexibility index (Phi) is 9.26. The first-order valence-corrected chi connectivity index (χ1v) is 28.5. The van der Waals surface area contributed by atoms with Gasteiger partial charge >= 0.3 is 276 Å². The molecule has 0 aromatic heterocycles. The fourth-order valence-corrected chi connectivity index (χ4v) is 61.7. The Morgan fingerprint density at radius 2 is 0.854 bits per heavy atom. The van der Waals surface area contributed by atoms with Gasteiger partial charge in [-0.15, -0.1) is 0 Å². The summed E-state index contributed by atoms with van der Waals surface area (Å²) in [5, 5.41) is 0. The van der Waals surface area contributed by atoms with Crippen LogP contribution in [0.2, 0.25) is 0 Å². The molecule has 0 N–H and O–H groups in total. The van der Waals surface area contributed by atoms with Crippen molar-refractivity contribution >= 4 is 81.4 Å². The van der Waals surface area contributed by atoms with Crippen molar-refractivity contribution in [3.05, 3.63) is 71.8 Å². The molecule has 2 radical (unpaired) electrons. The van der Waals surface area contributed by atoms with E-state index in [1.807, 2.05) is 0 Å². The van der Waals surface area contributed by atoms with E-state index in [1.165, 1.54) is 22.8 Å². The van der Waals surface area contributed by atoms with E-state index in [2.05, 4.69) is 180 Å². The van der Waals surface area contributed by atoms with Crippen LogP contribution in [-0.2, 0) is 24.2 Å². The van der Waals surface area contributed by atoms with E-state index in [0.29, 0.717) is 0 Å². The molecular weight excluding hydrogens is 673 g/mol. The van der Waals surface area contributed by atoms with Crippen LogP contribution in [0.25, 0.3) is 0 Å². The number of rotatable bonds is 6. The summed E-state index contributed by atoms with van der Waals surface area (Å²) in [5.74, 6) is 2.58. The quantitative estimate of drug-likeness (QED) is 0.242. The molecule has 2 atom stereocenters. The van der Waals surface area contributed by atoms with E-state index in [0.717, 1.165) is 0 Å². The molecule has 0 amide bonds. The van der Waals surface area contributed by atoms with Crippen LogP contribution in [-0.4, -0.2) is 78.0 Å². The molecule has 0 unspecified atom stereocenters. The van der Waals surface area contributed by atoms with Crippen molar-refractivity contribution in [2.45, 2.75) is 105 Å². The minimum atomic E-state index is -2.48. The summed E-state index contributed by atoms with van der Waals surface area (Å²) in [6, 6.07) is 21.7. The van der Waals surface area contributed by atoms with Crippen molar-refractivity contribution in [2.24, 2.45) is 0 Å². The van der Waals surface area contributed by atoms with Gasteiger partial charge < -0.3 is 0 Å². The van der Waals surface area contributed by atoms with Crippen LogP contribution in [0, 0.1) is 0 Å². The summed E-state index contributed by atoms with van der Waals surface area (Å²) < 4.78 is 10.5. The summed E-state index contributed by atoms with van der Waals surface area (Å²) in [5.41, 5.74) is 2.26. The second kappa shape index (κ2) is 11.3. The molecule has 2 aromatic carbocycles. The Bertz CT molecular complexity index is 1240. The summed E-state index contributed by atoms with van der Waals surface area (Å²) in [6.07, 6.45) is 0. The maximum atomic E-state index is 6.80. The molecule has 0 bridgehead atoms. The monoisotopic (exact) mass is 720 g/mol. The van der Waals surface area contributed by atoms with Crippen LogP contribution in [0.4, 0.5) is 0 Å². The average Bonchev–Trinajstić information content (AvgIpc) is 2.78. The van der Waals surface area contributed by atoms with Gasteiger partial charge in [0, 0.05) is 0 Å². The molecule has 0 saturated heterocycles. The van der Waals surface area contributed by atoms with Gasteiger partial charge in [0.1, 0.15) is 0 Å². The predicted octanol–water partition coefficient (Wildman–Crippen LogP) is 6.70. The first kappa shape index (κ1) is 33.6. The van der Waals surface area contributed by atoms with Gasteiger partial charge in [0.2, 0.25) is 0 Å².